The number of carbonyl (C=O) groups is 2. The number of allylic oxidation sites excluding steroid dienone is 1. The summed E-state index contributed by atoms with van der Waals surface area (Å²) in [5.74, 6) is -1.19. The van der Waals surface area contributed by atoms with Crippen molar-refractivity contribution < 1.29 is 19.4 Å². The van der Waals surface area contributed by atoms with Gasteiger partial charge in [0.1, 0.15) is 0 Å². The van der Waals surface area contributed by atoms with Crippen molar-refractivity contribution in [1.29, 1.82) is 0 Å². The largest absolute Gasteiger partial charge is 0.478 e. The Morgan fingerprint density at radius 2 is 1.83 bits per heavy atom. The van der Waals surface area contributed by atoms with E-state index in [9.17, 15) is 9.59 Å². The van der Waals surface area contributed by atoms with Gasteiger partial charge in [0, 0.05) is 5.57 Å². The van der Waals surface area contributed by atoms with Crippen LogP contribution in [-0.2, 0) is 14.3 Å². The molecule has 4 heteroatoms. The summed E-state index contributed by atoms with van der Waals surface area (Å²) in [5.41, 5.74) is 1.84. The molecule has 0 bridgehead atoms. The molecular weight excluding hydrogens is 304 g/mol. The Morgan fingerprint density at radius 3 is 2.29 bits per heavy atom. The number of hydrogen-bond acceptors (Lipinski definition) is 3. The molecular formula is C20H26O4. The lowest BCUT2D eigenvalue weighted by atomic mass is 10.1. The summed E-state index contributed by atoms with van der Waals surface area (Å²) in [5, 5.41) is 7.89. The molecule has 0 fully saturated rings. The van der Waals surface area contributed by atoms with Gasteiger partial charge in [-0.25, -0.2) is 9.59 Å². The maximum Gasteiger partial charge on any atom is 0.337 e. The van der Waals surface area contributed by atoms with E-state index in [0.29, 0.717) is 12.2 Å². The summed E-state index contributed by atoms with van der Waals surface area (Å²) in [7, 11) is 0. The molecule has 0 saturated carbocycles. The minimum Gasteiger partial charge on any atom is -0.478 e. The molecule has 1 rings (SSSR count). The molecule has 0 radical (unpaired) electrons. The van der Waals surface area contributed by atoms with E-state index in [4.69, 9.17) is 9.84 Å². The van der Waals surface area contributed by atoms with Gasteiger partial charge in [0.25, 0.3) is 0 Å². The lowest BCUT2D eigenvalue weighted by Gasteiger charge is -2.03. The molecule has 0 aromatic heterocycles. The van der Waals surface area contributed by atoms with E-state index in [0.717, 1.165) is 18.4 Å². The second-order valence-corrected chi connectivity index (χ2v) is 5.06. The predicted octanol–water partition coefficient (Wildman–Crippen LogP) is 4.64. The molecule has 1 aromatic rings. The van der Waals surface area contributed by atoms with Gasteiger partial charge in [0.2, 0.25) is 0 Å². The first-order valence-corrected chi connectivity index (χ1v) is 7.87. The van der Waals surface area contributed by atoms with Crippen LogP contribution in [0.3, 0.4) is 0 Å². The number of carbonyl (C=O) groups excluding carboxylic acids is 1. The average molecular weight is 330 g/mol. The first-order valence-electron chi connectivity index (χ1n) is 7.87. The zero-order valence-corrected chi connectivity index (χ0v) is 14.6. The van der Waals surface area contributed by atoms with Crippen molar-refractivity contribution >= 4 is 18.0 Å². The standard InChI is InChI=1S/C16H20O2.C4H6O2/c1-3-5-13-18-16(17)15(4-2)12-11-14-9-7-6-8-10-14;1-3(2)4(5)6/h4,6-12H,3,5,13H2,1-2H3;1H2,2H3,(H,5,6). The van der Waals surface area contributed by atoms with Gasteiger partial charge in [-0.3, -0.25) is 0 Å². The topological polar surface area (TPSA) is 63.6 Å². The zero-order valence-electron chi connectivity index (χ0n) is 14.6. The third kappa shape index (κ3) is 10.2. The van der Waals surface area contributed by atoms with Crippen LogP contribution < -0.4 is 0 Å². The molecule has 0 heterocycles. The number of rotatable bonds is 7. The van der Waals surface area contributed by atoms with Crippen molar-refractivity contribution in [3.05, 3.63) is 65.8 Å². The van der Waals surface area contributed by atoms with Crippen LogP contribution in [-0.4, -0.2) is 23.7 Å². The Bertz CT molecular complexity index is 571. The van der Waals surface area contributed by atoms with E-state index in [1.165, 1.54) is 6.92 Å². The first kappa shape index (κ1) is 21.4. The Hall–Kier alpha value is -2.62. The van der Waals surface area contributed by atoms with Gasteiger partial charge in [-0.15, -0.1) is 0 Å². The second-order valence-electron chi connectivity index (χ2n) is 5.06. The van der Waals surface area contributed by atoms with E-state index >= 15 is 0 Å². The number of aliphatic carboxylic acids is 1. The number of carboxylic acids is 1. The van der Waals surface area contributed by atoms with E-state index in [-0.39, 0.29) is 11.5 Å². The fraction of sp³-hybridized carbons (Fsp3) is 0.300. The van der Waals surface area contributed by atoms with Gasteiger partial charge in [0.05, 0.1) is 12.2 Å². The van der Waals surface area contributed by atoms with Crippen LogP contribution in [0.25, 0.3) is 6.08 Å². The van der Waals surface area contributed by atoms with E-state index in [2.05, 4.69) is 13.5 Å². The number of benzene rings is 1. The van der Waals surface area contributed by atoms with Crippen LogP contribution in [0.15, 0.2) is 60.2 Å². The van der Waals surface area contributed by atoms with Crippen molar-refractivity contribution in [2.75, 3.05) is 6.61 Å². The first-order chi connectivity index (χ1) is 11.4. The van der Waals surface area contributed by atoms with Gasteiger partial charge >= 0.3 is 11.9 Å². The maximum atomic E-state index is 11.7. The Balaban J connectivity index is 0.000000754. The molecule has 0 unspecified atom stereocenters. The summed E-state index contributed by atoms with van der Waals surface area (Å²) in [4.78, 5) is 21.3. The van der Waals surface area contributed by atoms with E-state index in [1.54, 1.807) is 12.2 Å². The number of esters is 1. The lowest BCUT2D eigenvalue weighted by molar-refractivity contribution is -0.138. The monoisotopic (exact) mass is 330 g/mol. The summed E-state index contributed by atoms with van der Waals surface area (Å²) in [6.45, 7) is 9.00. The summed E-state index contributed by atoms with van der Waals surface area (Å²) < 4.78 is 5.17. The van der Waals surface area contributed by atoms with Crippen LogP contribution in [0.2, 0.25) is 0 Å². The van der Waals surface area contributed by atoms with Crippen LogP contribution >= 0.6 is 0 Å². The van der Waals surface area contributed by atoms with Crippen molar-refractivity contribution in [2.45, 2.75) is 33.6 Å². The molecule has 0 aliphatic heterocycles. The normalized spacial score (nSPS) is 10.7. The molecule has 0 aliphatic carbocycles. The summed E-state index contributed by atoms with van der Waals surface area (Å²) in [6.07, 6.45) is 7.41. The minimum absolute atomic E-state index is 0.176. The minimum atomic E-state index is -0.935. The Kier molecular flexibility index (Phi) is 11.5. The summed E-state index contributed by atoms with van der Waals surface area (Å²) in [6, 6.07) is 9.88. The van der Waals surface area contributed by atoms with Crippen molar-refractivity contribution in [1.82, 2.24) is 0 Å². The van der Waals surface area contributed by atoms with Crippen LogP contribution in [0, 0.1) is 0 Å². The van der Waals surface area contributed by atoms with Gasteiger partial charge in [-0.1, -0.05) is 62.4 Å². The predicted molar refractivity (Wildman–Crippen MR) is 97.5 cm³/mol. The molecule has 1 N–H and O–H groups in total. The molecule has 0 amide bonds. The molecule has 0 spiro atoms. The van der Waals surface area contributed by atoms with Crippen LogP contribution in [0.1, 0.15) is 39.2 Å². The number of ether oxygens (including phenoxy) is 1. The second kappa shape index (κ2) is 12.9. The number of unbranched alkanes of at least 4 members (excludes halogenated alkanes) is 1. The number of carboxylic acid groups (broad SMARTS) is 1. The van der Waals surface area contributed by atoms with Gasteiger partial charge in [-0.05, 0) is 31.9 Å². The van der Waals surface area contributed by atoms with Crippen LogP contribution in [0.5, 0.6) is 0 Å². The summed E-state index contributed by atoms with van der Waals surface area (Å²) >= 11 is 0. The molecule has 130 valence electrons. The quantitative estimate of drug-likeness (QED) is 0.342. The fourth-order valence-corrected chi connectivity index (χ4v) is 1.42. The molecule has 0 atom stereocenters. The molecule has 0 aliphatic rings. The molecule has 24 heavy (non-hydrogen) atoms. The van der Waals surface area contributed by atoms with Gasteiger partial charge in [0.15, 0.2) is 0 Å². The molecule has 1 aromatic carbocycles. The third-order valence-corrected chi connectivity index (χ3v) is 2.90. The fourth-order valence-electron chi connectivity index (χ4n) is 1.42. The maximum absolute atomic E-state index is 11.7. The highest BCUT2D eigenvalue weighted by Gasteiger charge is 2.05. The van der Waals surface area contributed by atoms with E-state index in [1.807, 2.05) is 43.3 Å². The SMILES string of the molecule is C=C(C)C(=O)O.CC=C(C=Cc1ccccc1)C(=O)OCCCC. The lowest BCUT2D eigenvalue weighted by Crippen LogP contribution is -2.07. The average Bonchev–Trinajstić information content (AvgIpc) is 2.57. The molecule has 4 nitrogen and oxygen atoms in total. The third-order valence-electron chi connectivity index (χ3n) is 2.90. The zero-order chi connectivity index (χ0) is 18.4. The number of hydrogen-bond donors (Lipinski definition) is 1. The van der Waals surface area contributed by atoms with Crippen molar-refractivity contribution in [2.24, 2.45) is 0 Å². The Labute approximate surface area is 144 Å². The van der Waals surface area contributed by atoms with Gasteiger partial charge < -0.3 is 9.84 Å². The Morgan fingerprint density at radius 1 is 1.25 bits per heavy atom. The van der Waals surface area contributed by atoms with Crippen LogP contribution in [0.4, 0.5) is 0 Å². The van der Waals surface area contributed by atoms with Crippen molar-refractivity contribution in [3.63, 3.8) is 0 Å². The van der Waals surface area contributed by atoms with Crippen molar-refractivity contribution in [3.8, 4) is 0 Å². The highest BCUT2D eigenvalue weighted by molar-refractivity contribution is 5.92. The highest BCUT2D eigenvalue weighted by Crippen LogP contribution is 2.07. The highest BCUT2D eigenvalue weighted by atomic mass is 16.5. The molecule has 0 saturated heterocycles. The smallest absolute Gasteiger partial charge is 0.337 e. The van der Waals surface area contributed by atoms with Gasteiger partial charge in [-0.2, -0.15) is 0 Å². The van der Waals surface area contributed by atoms with E-state index < -0.39 is 5.97 Å².